The number of rotatable bonds is 6. The molecular weight excluding hydrogens is 238 g/mol. The third kappa shape index (κ3) is 4.54. The fourth-order valence-electron chi connectivity index (χ4n) is 1.37. The summed E-state index contributed by atoms with van der Waals surface area (Å²) in [5.41, 5.74) is 0.936. The number of aryl methyl sites for hydroxylation is 1. The lowest BCUT2D eigenvalue weighted by Crippen LogP contribution is -2.24. The Balaban J connectivity index is 2.31. The van der Waals surface area contributed by atoms with Gasteiger partial charge in [0, 0.05) is 19.9 Å². The van der Waals surface area contributed by atoms with Crippen LogP contribution in [0, 0.1) is 0 Å². The van der Waals surface area contributed by atoms with Gasteiger partial charge >= 0.3 is 6.09 Å². The maximum Gasteiger partial charge on any atom is 0.406 e. The molecule has 1 N–H and O–H groups in total. The van der Waals surface area contributed by atoms with Crippen molar-refractivity contribution < 1.29 is 19.1 Å². The Morgan fingerprint density at radius 3 is 2.89 bits per heavy atom. The number of carbonyl (C=O) groups is 2. The third-order valence-corrected chi connectivity index (χ3v) is 2.26. The van der Waals surface area contributed by atoms with Gasteiger partial charge in [0.05, 0.1) is 13.3 Å². The van der Waals surface area contributed by atoms with E-state index in [1.807, 2.05) is 0 Å². The maximum absolute atomic E-state index is 11.4. The highest BCUT2D eigenvalue weighted by Crippen LogP contribution is 2.01. The van der Waals surface area contributed by atoms with Crippen molar-refractivity contribution >= 4 is 12.0 Å². The normalized spacial score (nSPS) is 10.1. The molecule has 0 unspecified atom stereocenters. The molecule has 0 aliphatic heterocycles. The minimum absolute atomic E-state index is 0.00498. The Hall–Kier alpha value is -1.89. The molecule has 1 aromatic heterocycles. The molecule has 1 amide bonds. The van der Waals surface area contributed by atoms with Gasteiger partial charge in [-0.25, -0.2) is 9.48 Å². The van der Waals surface area contributed by atoms with E-state index in [0.717, 1.165) is 18.4 Å². The molecule has 0 aliphatic rings. The Morgan fingerprint density at radius 2 is 2.22 bits per heavy atom. The number of aromatic nitrogens is 2. The van der Waals surface area contributed by atoms with E-state index in [2.05, 4.69) is 15.2 Å². The Kier molecular flexibility index (Phi) is 5.86. The lowest BCUT2D eigenvalue weighted by Gasteiger charge is -2.01. The first-order valence-electron chi connectivity index (χ1n) is 5.55. The molecule has 0 radical (unpaired) electrons. The Bertz CT molecular complexity index is 403. The van der Waals surface area contributed by atoms with Crippen LogP contribution < -0.4 is 5.32 Å². The number of hydrogen-bond donors (Lipinski definition) is 1. The predicted molar refractivity (Wildman–Crippen MR) is 63.5 cm³/mol. The average Bonchev–Trinajstić information content (AvgIpc) is 2.83. The van der Waals surface area contributed by atoms with E-state index in [9.17, 15) is 9.59 Å². The van der Waals surface area contributed by atoms with Crippen LogP contribution in [-0.4, -0.2) is 49.2 Å². The van der Waals surface area contributed by atoms with Crippen LogP contribution in [0.15, 0.2) is 12.4 Å². The summed E-state index contributed by atoms with van der Waals surface area (Å²) in [4.78, 5) is 22.2. The van der Waals surface area contributed by atoms with Crippen molar-refractivity contribution in [3.8, 4) is 0 Å². The summed E-state index contributed by atoms with van der Waals surface area (Å²) in [7, 11) is 2.78. The summed E-state index contributed by atoms with van der Waals surface area (Å²) in [6.45, 7) is 0.523. The standard InChI is InChI=1S/C11H17N3O4/c1-17-8-10(15)14-7-9(6-13-14)4-3-5-12-11(16)18-2/h6-7H,3-5,8H2,1-2H3,(H,12,16). The Morgan fingerprint density at radius 1 is 1.44 bits per heavy atom. The van der Waals surface area contributed by atoms with Crippen LogP contribution in [0.1, 0.15) is 16.8 Å². The van der Waals surface area contributed by atoms with Crippen molar-refractivity contribution in [2.24, 2.45) is 0 Å². The molecular formula is C11H17N3O4. The van der Waals surface area contributed by atoms with Crippen LogP contribution in [-0.2, 0) is 15.9 Å². The zero-order chi connectivity index (χ0) is 13.4. The smallest absolute Gasteiger partial charge is 0.406 e. The summed E-state index contributed by atoms with van der Waals surface area (Å²) in [5, 5.41) is 6.52. The van der Waals surface area contributed by atoms with Crippen LogP contribution in [0.5, 0.6) is 0 Å². The fourth-order valence-corrected chi connectivity index (χ4v) is 1.37. The number of ether oxygens (including phenoxy) is 2. The second-order valence-corrected chi connectivity index (χ2v) is 3.64. The predicted octanol–water partition coefficient (Wildman–Crippen LogP) is 0.458. The zero-order valence-electron chi connectivity index (χ0n) is 10.5. The number of nitrogens with zero attached hydrogens (tertiary/aromatic N) is 2. The van der Waals surface area contributed by atoms with Crippen molar-refractivity contribution in [3.63, 3.8) is 0 Å². The molecule has 0 aliphatic carbocycles. The lowest BCUT2D eigenvalue weighted by molar-refractivity contribution is 0.0745. The highest BCUT2D eigenvalue weighted by Gasteiger charge is 2.06. The van der Waals surface area contributed by atoms with E-state index in [1.165, 1.54) is 18.9 Å². The monoisotopic (exact) mass is 255 g/mol. The lowest BCUT2D eigenvalue weighted by atomic mass is 10.2. The van der Waals surface area contributed by atoms with Gasteiger partial charge in [0.1, 0.15) is 6.61 Å². The summed E-state index contributed by atoms with van der Waals surface area (Å²) >= 11 is 0. The minimum Gasteiger partial charge on any atom is -0.453 e. The molecule has 0 atom stereocenters. The number of carbonyl (C=O) groups excluding carboxylic acids is 2. The molecule has 1 rings (SSSR count). The molecule has 18 heavy (non-hydrogen) atoms. The van der Waals surface area contributed by atoms with E-state index in [4.69, 9.17) is 4.74 Å². The molecule has 0 saturated carbocycles. The summed E-state index contributed by atoms with van der Waals surface area (Å²) in [6.07, 6.45) is 4.33. The van der Waals surface area contributed by atoms with Crippen molar-refractivity contribution in [3.05, 3.63) is 18.0 Å². The van der Waals surface area contributed by atoms with Crippen molar-refractivity contribution in [1.82, 2.24) is 15.1 Å². The molecule has 0 saturated heterocycles. The first-order valence-corrected chi connectivity index (χ1v) is 5.55. The largest absolute Gasteiger partial charge is 0.453 e. The van der Waals surface area contributed by atoms with Crippen molar-refractivity contribution in [2.75, 3.05) is 27.4 Å². The molecule has 1 aromatic rings. The molecule has 0 spiro atoms. The maximum atomic E-state index is 11.4. The third-order valence-electron chi connectivity index (χ3n) is 2.26. The number of amides is 1. The quantitative estimate of drug-likeness (QED) is 0.747. The number of hydrogen-bond acceptors (Lipinski definition) is 5. The van der Waals surface area contributed by atoms with Crippen molar-refractivity contribution in [1.29, 1.82) is 0 Å². The van der Waals surface area contributed by atoms with Gasteiger partial charge in [-0.1, -0.05) is 0 Å². The van der Waals surface area contributed by atoms with Crippen LogP contribution in [0.25, 0.3) is 0 Å². The fraction of sp³-hybridized carbons (Fsp3) is 0.545. The zero-order valence-corrected chi connectivity index (χ0v) is 10.5. The molecule has 1 heterocycles. The topological polar surface area (TPSA) is 82.5 Å². The average molecular weight is 255 g/mol. The van der Waals surface area contributed by atoms with Gasteiger partial charge in [0.15, 0.2) is 0 Å². The number of methoxy groups -OCH3 is 2. The molecule has 0 aromatic carbocycles. The van der Waals surface area contributed by atoms with Gasteiger partial charge in [-0.05, 0) is 18.4 Å². The van der Waals surface area contributed by atoms with Gasteiger partial charge < -0.3 is 14.8 Å². The van der Waals surface area contributed by atoms with Gasteiger partial charge in [-0.15, -0.1) is 0 Å². The minimum atomic E-state index is -0.444. The van der Waals surface area contributed by atoms with E-state index >= 15 is 0 Å². The molecule has 0 fully saturated rings. The highest BCUT2D eigenvalue weighted by atomic mass is 16.5. The van der Waals surface area contributed by atoms with E-state index in [-0.39, 0.29) is 12.5 Å². The van der Waals surface area contributed by atoms with Crippen molar-refractivity contribution in [2.45, 2.75) is 12.8 Å². The first kappa shape index (κ1) is 14.2. The van der Waals surface area contributed by atoms with Crippen LogP contribution in [0.2, 0.25) is 0 Å². The second-order valence-electron chi connectivity index (χ2n) is 3.64. The summed E-state index contributed by atoms with van der Waals surface area (Å²) in [5.74, 6) is -0.212. The highest BCUT2D eigenvalue weighted by molar-refractivity contribution is 5.79. The molecule has 0 bridgehead atoms. The molecule has 7 heteroatoms. The second kappa shape index (κ2) is 7.44. The van der Waals surface area contributed by atoms with E-state index in [1.54, 1.807) is 12.4 Å². The van der Waals surface area contributed by atoms with E-state index < -0.39 is 6.09 Å². The van der Waals surface area contributed by atoms with Gasteiger partial charge in [0.2, 0.25) is 0 Å². The summed E-state index contributed by atoms with van der Waals surface area (Å²) < 4.78 is 10.4. The summed E-state index contributed by atoms with van der Waals surface area (Å²) in [6, 6.07) is 0. The van der Waals surface area contributed by atoms with Crippen LogP contribution in [0.3, 0.4) is 0 Å². The number of nitrogens with one attached hydrogen (secondary N) is 1. The van der Waals surface area contributed by atoms with Gasteiger partial charge in [-0.2, -0.15) is 5.10 Å². The molecule has 7 nitrogen and oxygen atoms in total. The van der Waals surface area contributed by atoms with Crippen LogP contribution in [0.4, 0.5) is 4.79 Å². The number of alkyl carbamates (subject to hydrolysis) is 1. The Labute approximate surface area is 105 Å². The molecule has 100 valence electrons. The van der Waals surface area contributed by atoms with Gasteiger partial charge in [-0.3, -0.25) is 4.79 Å². The SMILES string of the molecule is COCC(=O)n1cc(CCCNC(=O)OC)cn1. The first-order chi connectivity index (χ1) is 8.67. The van der Waals surface area contributed by atoms with E-state index in [0.29, 0.717) is 6.54 Å². The van der Waals surface area contributed by atoms with Gasteiger partial charge in [0.25, 0.3) is 5.91 Å². The van der Waals surface area contributed by atoms with Crippen LogP contribution >= 0.6 is 0 Å².